The molecule has 0 saturated carbocycles. The van der Waals surface area contributed by atoms with E-state index in [1.165, 1.54) is 0 Å². The van der Waals surface area contributed by atoms with Crippen LogP contribution in [0.5, 0.6) is 0 Å². The number of amides is 7. The van der Waals surface area contributed by atoms with Crippen LogP contribution in [0.3, 0.4) is 0 Å². The Morgan fingerprint density at radius 3 is 1.57 bits per heavy atom. The van der Waals surface area contributed by atoms with Gasteiger partial charge < -0.3 is 57.7 Å². The molecule has 1 heterocycles. The summed E-state index contributed by atoms with van der Waals surface area (Å²) < 4.78 is 5.29. The van der Waals surface area contributed by atoms with Gasteiger partial charge in [-0.3, -0.25) is 58.0 Å². The average Bonchev–Trinajstić information content (AvgIpc) is 3.26. The van der Waals surface area contributed by atoms with Gasteiger partial charge in [-0.25, -0.2) is 9.59 Å². The second-order valence-corrected chi connectivity index (χ2v) is 17.2. The lowest BCUT2D eigenvalue weighted by Crippen LogP contribution is -2.54. The van der Waals surface area contributed by atoms with E-state index in [0.717, 1.165) is 0 Å². The van der Waals surface area contributed by atoms with Crippen LogP contribution in [0.2, 0.25) is 0 Å². The highest BCUT2D eigenvalue weighted by atomic mass is 16.5. The van der Waals surface area contributed by atoms with Crippen molar-refractivity contribution in [2.24, 2.45) is 17.6 Å². The Morgan fingerprint density at radius 2 is 1.10 bits per heavy atom. The molecule has 1 aromatic carbocycles. The molecule has 0 spiro atoms. The molecule has 1 saturated heterocycles. The number of alkyl carbamates (subject to hydrolysis) is 1. The Hall–Kier alpha value is -6.44. The first-order valence-electron chi connectivity index (χ1n) is 22.9. The quantitative estimate of drug-likeness (QED) is 0.0450. The van der Waals surface area contributed by atoms with Crippen LogP contribution in [0, 0.1) is 11.8 Å². The maximum Gasteiger partial charge on any atom is 0.407 e. The van der Waals surface area contributed by atoms with Crippen molar-refractivity contribution in [2.45, 2.75) is 72.1 Å². The number of nitrogens with two attached hydrogens (primary N) is 1. The van der Waals surface area contributed by atoms with Gasteiger partial charge in [0.15, 0.2) is 0 Å². The van der Waals surface area contributed by atoms with Crippen molar-refractivity contribution >= 4 is 65.1 Å². The number of ether oxygens (including phenoxy) is 1. The van der Waals surface area contributed by atoms with Gasteiger partial charge >= 0.3 is 30.0 Å². The standard InChI is InChI=1S/C44H71N11O14/c1-29(2)34(56)11-12-35(57)51-40(30(3)4)42(66)50-33(6-5-13-47-43(45)67)41(65)49-32-9-7-31(8-10-32)28-69-44(68)48-15-14-46-36(58)24-52-16-18-53(25-37(59)60)20-22-55(27-39(63)64)23-21-54(19-17-52)26-38(61)62/h7-10,29-30,33,40H,5-6,11-28H2,1-4H3,(H,46,58)(H,48,68)(H,49,65)(H,50,66)(H,51,57)(H,59,60)(H,61,62)(H,63,64)(H3,45,47,67)/t33-,40-/m0/s1. The number of Topliss-reactive ketones (excluding diaryl/α,β-unsaturated/α-hetero) is 1. The molecule has 0 aromatic heterocycles. The topological polar surface area (TPSA) is 352 Å². The molecule has 25 heteroatoms. The lowest BCUT2D eigenvalue weighted by atomic mass is 10.0. The van der Waals surface area contributed by atoms with Crippen LogP contribution in [0.4, 0.5) is 15.3 Å². The number of ketones is 1. The molecule has 0 unspecified atom stereocenters. The molecule has 25 nitrogen and oxygen atoms in total. The zero-order valence-corrected chi connectivity index (χ0v) is 40.0. The number of aliphatic carboxylic acids is 3. The zero-order valence-electron chi connectivity index (χ0n) is 40.0. The van der Waals surface area contributed by atoms with Crippen LogP contribution in [-0.4, -0.2) is 205 Å². The van der Waals surface area contributed by atoms with Crippen LogP contribution in [0.1, 0.15) is 58.9 Å². The van der Waals surface area contributed by atoms with Crippen LogP contribution < -0.4 is 37.6 Å². The number of carbonyl (C=O) groups is 10. The Balaban J connectivity index is 1.92. The Kier molecular flexibility index (Phi) is 26.9. The first kappa shape index (κ1) is 58.7. The SMILES string of the molecule is CC(C)C(=O)CCC(=O)N[C@H](C(=O)N[C@@H](CCCNC(N)=O)C(=O)Nc1ccc(COC(=O)NCCNC(=O)CN2CCN(CC(=O)O)CCN(CC(=O)O)CCN(CC(=O)O)CC2)cc1)C(C)C. The number of nitrogens with one attached hydrogen (secondary N) is 6. The minimum absolute atomic E-state index is 0.0149. The normalized spacial score (nSPS) is 15.3. The maximum atomic E-state index is 13.5. The van der Waals surface area contributed by atoms with Gasteiger partial charge in [-0.15, -0.1) is 0 Å². The summed E-state index contributed by atoms with van der Waals surface area (Å²) >= 11 is 0. The summed E-state index contributed by atoms with van der Waals surface area (Å²) in [4.78, 5) is 129. The third-order valence-electron chi connectivity index (χ3n) is 10.8. The van der Waals surface area contributed by atoms with E-state index >= 15 is 0 Å². The number of nitrogens with zero attached hydrogens (tertiary/aromatic N) is 4. The number of carboxylic acid groups (broad SMARTS) is 3. The van der Waals surface area contributed by atoms with Crippen molar-refractivity contribution in [1.29, 1.82) is 0 Å². The van der Waals surface area contributed by atoms with Crippen LogP contribution in [0.15, 0.2) is 24.3 Å². The predicted octanol–water partition coefficient (Wildman–Crippen LogP) is -1.48. The van der Waals surface area contributed by atoms with E-state index < -0.39 is 65.7 Å². The lowest BCUT2D eigenvalue weighted by Gasteiger charge is -2.32. The minimum Gasteiger partial charge on any atom is -0.480 e. The molecular weight excluding hydrogens is 907 g/mol. The second-order valence-electron chi connectivity index (χ2n) is 17.2. The fraction of sp³-hybridized carbons (Fsp3) is 0.636. The van der Waals surface area contributed by atoms with Crippen LogP contribution in [-0.2, 0) is 49.7 Å². The second kappa shape index (κ2) is 31.6. The van der Waals surface area contributed by atoms with Gasteiger partial charge in [0.25, 0.3) is 0 Å². The number of hydrogen-bond donors (Lipinski definition) is 10. The summed E-state index contributed by atoms with van der Waals surface area (Å²) in [6, 6.07) is 3.51. The van der Waals surface area contributed by atoms with Crippen molar-refractivity contribution in [3.8, 4) is 0 Å². The van der Waals surface area contributed by atoms with E-state index in [1.807, 2.05) is 0 Å². The maximum absolute atomic E-state index is 13.5. The smallest absolute Gasteiger partial charge is 0.407 e. The van der Waals surface area contributed by atoms with Gasteiger partial charge in [0.2, 0.25) is 23.6 Å². The van der Waals surface area contributed by atoms with Crippen LogP contribution in [0.25, 0.3) is 0 Å². The first-order chi connectivity index (χ1) is 32.6. The molecule has 7 amide bonds. The highest BCUT2D eigenvalue weighted by molar-refractivity contribution is 5.98. The third-order valence-corrected chi connectivity index (χ3v) is 10.8. The molecule has 0 bridgehead atoms. The highest BCUT2D eigenvalue weighted by Crippen LogP contribution is 2.13. The number of rotatable bonds is 27. The average molecular weight is 978 g/mol. The monoisotopic (exact) mass is 978 g/mol. The van der Waals surface area contributed by atoms with Crippen molar-refractivity contribution in [3.05, 3.63) is 29.8 Å². The summed E-state index contributed by atoms with van der Waals surface area (Å²) in [7, 11) is 0. The Labute approximate surface area is 401 Å². The minimum atomic E-state index is -1.08. The number of carboxylic acids is 3. The van der Waals surface area contributed by atoms with E-state index in [2.05, 4.69) is 31.9 Å². The predicted molar refractivity (Wildman–Crippen MR) is 250 cm³/mol. The number of urea groups is 1. The summed E-state index contributed by atoms with van der Waals surface area (Å²) in [6.07, 6.45) is -0.459. The van der Waals surface area contributed by atoms with Gasteiger partial charge in [-0.1, -0.05) is 39.8 Å². The molecule has 0 radical (unpaired) electrons. The highest BCUT2D eigenvalue weighted by Gasteiger charge is 2.29. The van der Waals surface area contributed by atoms with Crippen molar-refractivity contribution in [1.82, 2.24) is 46.2 Å². The van der Waals surface area contributed by atoms with Gasteiger partial charge in [0.1, 0.15) is 24.5 Å². The molecule has 1 aliphatic heterocycles. The molecule has 1 aliphatic rings. The van der Waals surface area contributed by atoms with Gasteiger partial charge in [0, 0.05) is 96.4 Å². The van der Waals surface area contributed by atoms with E-state index in [-0.39, 0.29) is 148 Å². The van der Waals surface area contributed by atoms with Crippen molar-refractivity contribution < 1.29 is 68.0 Å². The Bertz CT molecular complexity index is 1850. The van der Waals surface area contributed by atoms with Gasteiger partial charge in [-0.2, -0.15) is 0 Å². The van der Waals surface area contributed by atoms with E-state index in [0.29, 0.717) is 11.3 Å². The molecule has 69 heavy (non-hydrogen) atoms. The van der Waals surface area contributed by atoms with Crippen molar-refractivity contribution in [2.75, 3.05) is 103 Å². The van der Waals surface area contributed by atoms with E-state index in [4.69, 9.17) is 10.5 Å². The summed E-state index contributed by atoms with van der Waals surface area (Å²) in [5, 5.41) is 44.0. The molecule has 2 atom stereocenters. The summed E-state index contributed by atoms with van der Waals surface area (Å²) in [5.74, 6) is -5.94. The molecule has 1 fully saturated rings. The molecular formula is C44H71N11O14. The molecule has 11 N–H and O–H groups in total. The molecule has 0 aliphatic carbocycles. The fourth-order valence-corrected chi connectivity index (χ4v) is 6.88. The van der Waals surface area contributed by atoms with E-state index in [1.54, 1.807) is 71.6 Å². The number of benzene rings is 1. The summed E-state index contributed by atoms with van der Waals surface area (Å²) in [6.45, 7) is 7.98. The van der Waals surface area contributed by atoms with Gasteiger partial charge in [-0.05, 0) is 36.5 Å². The number of anilines is 1. The molecule has 386 valence electrons. The number of carbonyl (C=O) groups excluding carboxylic acids is 7. The number of hydrogen-bond acceptors (Lipinski definition) is 15. The van der Waals surface area contributed by atoms with Crippen LogP contribution >= 0.6 is 0 Å². The van der Waals surface area contributed by atoms with E-state index in [9.17, 15) is 63.3 Å². The summed E-state index contributed by atoms with van der Waals surface area (Å²) in [5.41, 5.74) is 6.08. The fourth-order valence-electron chi connectivity index (χ4n) is 6.88. The largest absolute Gasteiger partial charge is 0.480 e. The Morgan fingerprint density at radius 1 is 0.609 bits per heavy atom. The molecule has 2 rings (SSSR count). The van der Waals surface area contributed by atoms with Crippen molar-refractivity contribution in [3.63, 3.8) is 0 Å². The third kappa shape index (κ3) is 26.0. The first-order valence-corrected chi connectivity index (χ1v) is 22.9. The number of primary amides is 1. The lowest BCUT2D eigenvalue weighted by molar-refractivity contribution is -0.140. The van der Waals surface area contributed by atoms with Gasteiger partial charge in [0.05, 0.1) is 26.2 Å². The molecule has 1 aromatic rings. The zero-order chi connectivity index (χ0) is 51.5.